The number of methoxy groups -OCH3 is 2. The van der Waals surface area contributed by atoms with Gasteiger partial charge in [-0.05, 0) is 18.6 Å². The average Bonchev–Trinajstić information content (AvgIpc) is 2.71. The second kappa shape index (κ2) is 5.06. The van der Waals surface area contributed by atoms with Gasteiger partial charge in [0.2, 0.25) is 0 Å². The van der Waals surface area contributed by atoms with Crippen molar-refractivity contribution in [3.8, 4) is 16.9 Å². The number of aromatic nitrogens is 1. The minimum Gasteiger partial charge on any atom is -0.496 e. The summed E-state index contributed by atoms with van der Waals surface area (Å²) >= 11 is 0. The van der Waals surface area contributed by atoms with Crippen molar-refractivity contribution in [3.63, 3.8) is 0 Å². The number of rotatable bonds is 4. The Labute approximate surface area is 101 Å². The van der Waals surface area contributed by atoms with Gasteiger partial charge in [-0.25, -0.2) is 0 Å². The van der Waals surface area contributed by atoms with E-state index in [1.807, 2.05) is 24.4 Å². The molecule has 1 aromatic heterocycles. The Kier molecular flexibility index (Phi) is 3.49. The molecule has 0 spiro atoms. The molecule has 90 valence electrons. The summed E-state index contributed by atoms with van der Waals surface area (Å²) in [4.78, 5) is 3.24. The maximum atomic E-state index is 5.40. The lowest BCUT2D eigenvalue weighted by Crippen LogP contribution is -1.93. The van der Waals surface area contributed by atoms with Gasteiger partial charge in [0, 0.05) is 30.1 Å². The van der Waals surface area contributed by atoms with E-state index >= 15 is 0 Å². The van der Waals surface area contributed by atoms with Crippen LogP contribution in [0.2, 0.25) is 0 Å². The molecule has 1 aromatic carbocycles. The maximum absolute atomic E-state index is 5.40. The fourth-order valence-corrected chi connectivity index (χ4v) is 2.06. The van der Waals surface area contributed by atoms with E-state index < -0.39 is 0 Å². The first-order chi connectivity index (χ1) is 8.27. The van der Waals surface area contributed by atoms with E-state index in [9.17, 15) is 0 Å². The Morgan fingerprint density at radius 2 is 1.94 bits per heavy atom. The summed E-state index contributed by atoms with van der Waals surface area (Å²) in [6.45, 7) is 2.65. The highest BCUT2D eigenvalue weighted by atomic mass is 16.5. The first-order valence-electron chi connectivity index (χ1n) is 5.57. The first kappa shape index (κ1) is 11.7. The fourth-order valence-electron chi connectivity index (χ4n) is 2.06. The highest BCUT2D eigenvalue weighted by Gasteiger charge is 2.13. The van der Waals surface area contributed by atoms with Crippen LogP contribution in [0.25, 0.3) is 11.1 Å². The van der Waals surface area contributed by atoms with E-state index in [-0.39, 0.29) is 0 Å². The molecule has 0 fully saturated rings. The molecule has 3 heteroatoms. The Bertz CT molecular complexity index is 503. The number of H-pyrrole nitrogens is 1. The highest BCUT2D eigenvalue weighted by Crippen LogP contribution is 2.34. The Balaban J connectivity index is 2.55. The number of nitrogens with one attached hydrogen (secondary N) is 1. The van der Waals surface area contributed by atoms with Crippen molar-refractivity contribution in [1.82, 2.24) is 4.98 Å². The minimum atomic E-state index is 0.571. The third kappa shape index (κ3) is 2.19. The summed E-state index contributed by atoms with van der Waals surface area (Å²) in [5.41, 5.74) is 4.54. The number of aromatic amines is 1. The Morgan fingerprint density at radius 3 is 2.65 bits per heavy atom. The maximum Gasteiger partial charge on any atom is 0.126 e. The molecule has 2 rings (SSSR count). The number of benzene rings is 1. The van der Waals surface area contributed by atoms with E-state index in [0.717, 1.165) is 17.0 Å². The largest absolute Gasteiger partial charge is 0.496 e. The summed E-state index contributed by atoms with van der Waals surface area (Å²) in [6, 6.07) is 8.02. The molecule has 0 unspecified atom stereocenters. The molecule has 17 heavy (non-hydrogen) atoms. The van der Waals surface area contributed by atoms with E-state index in [2.05, 4.69) is 18.0 Å². The zero-order chi connectivity index (χ0) is 12.3. The first-order valence-corrected chi connectivity index (χ1v) is 5.57. The monoisotopic (exact) mass is 231 g/mol. The summed E-state index contributed by atoms with van der Waals surface area (Å²) in [6.07, 6.45) is 2.00. The van der Waals surface area contributed by atoms with Crippen LogP contribution in [0.15, 0.2) is 30.5 Å². The molecule has 0 saturated heterocycles. The van der Waals surface area contributed by atoms with Gasteiger partial charge in [-0.3, -0.25) is 0 Å². The van der Waals surface area contributed by atoms with Crippen LogP contribution in [0.4, 0.5) is 0 Å². The Hall–Kier alpha value is -1.74. The zero-order valence-corrected chi connectivity index (χ0v) is 10.4. The summed E-state index contributed by atoms with van der Waals surface area (Å²) in [7, 11) is 3.39. The smallest absolute Gasteiger partial charge is 0.126 e. The van der Waals surface area contributed by atoms with Crippen molar-refractivity contribution in [3.05, 3.63) is 41.7 Å². The van der Waals surface area contributed by atoms with Gasteiger partial charge in [0.25, 0.3) is 0 Å². The molecule has 0 bridgehead atoms. The third-order valence-electron chi connectivity index (χ3n) is 2.82. The average molecular weight is 231 g/mol. The number of para-hydroxylation sites is 1. The topological polar surface area (TPSA) is 34.2 Å². The Morgan fingerprint density at radius 1 is 1.18 bits per heavy atom. The lowest BCUT2D eigenvalue weighted by molar-refractivity contribution is 0.182. The van der Waals surface area contributed by atoms with Crippen LogP contribution in [0.1, 0.15) is 11.3 Å². The molecule has 2 aromatic rings. The van der Waals surface area contributed by atoms with Gasteiger partial charge in [-0.1, -0.05) is 18.2 Å². The van der Waals surface area contributed by atoms with Gasteiger partial charge in [0.1, 0.15) is 5.75 Å². The van der Waals surface area contributed by atoms with Crippen LogP contribution in [-0.2, 0) is 11.3 Å². The van der Waals surface area contributed by atoms with Crippen molar-refractivity contribution in [1.29, 1.82) is 0 Å². The second-order valence-electron chi connectivity index (χ2n) is 3.96. The van der Waals surface area contributed by atoms with Crippen LogP contribution in [0.5, 0.6) is 5.75 Å². The summed E-state index contributed by atoms with van der Waals surface area (Å²) in [5.74, 6) is 0.882. The molecule has 0 atom stereocenters. The third-order valence-corrected chi connectivity index (χ3v) is 2.82. The standard InChI is InChI=1S/C14H17NO2/c1-10-8-15-12(9-16-2)14(10)11-6-4-5-7-13(11)17-3/h4-8,15H,9H2,1-3H3. The fraction of sp³-hybridized carbons (Fsp3) is 0.286. The van der Waals surface area contributed by atoms with Gasteiger partial charge < -0.3 is 14.5 Å². The van der Waals surface area contributed by atoms with Crippen molar-refractivity contribution in [2.24, 2.45) is 0 Å². The molecular formula is C14H17NO2. The molecule has 3 nitrogen and oxygen atoms in total. The molecular weight excluding hydrogens is 214 g/mol. The number of hydrogen-bond acceptors (Lipinski definition) is 2. The quantitative estimate of drug-likeness (QED) is 0.877. The zero-order valence-electron chi connectivity index (χ0n) is 10.4. The van der Waals surface area contributed by atoms with Gasteiger partial charge in [-0.2, -0.15) is 0 Å². The SMILES string of the molecule is COCc1[nH]cc(C)c1-c1ccccc1OC. The molecule has 0 radical (unpaired) electrons. The van der Waals surface area contributed by atoms with E-state index in [0.29, 0.717) is 6.61 Å². The van der Waals surface area contributed by atoms with E-state index in [4.69, 9.17) is 9.47 Å². The van der Waals surface area contributed by atoms with Gasteiger partial charge in [-0.15, -0.1) is 0 Å². The van der Waals surface area contributed by atoms with Crippen molar-refractivity contribution in [2.45, 2.75) is 13.5 Å². The minimum absolute atomic E-state index is 0.571. The van der Waals surface area contributed by atoms with Gasteiger partial charge in [0.05, 0.1) is 13.7 Å². The molecule has 0 aliphatic rings. The van der Waals surface area contributed by atoms with Gasteiger partial charge >= 0.3 is 0 Å². The van der Waals surface area contributed by atoms with E-state index in [1.165, 1.54) is 11.1 Å². The van der Waals surface area contributed by atoms with Crippen molar-refractivity contribution >= 4 is 0 Å². The lowest BCUT2D eigenvalue weighted by atomic mass is 10.0. The molecule has 0 amide bonds. The summed E-state index contributed by atoms with van der Waals surface area (Å²) < 4.78 is 10.6. The predicted molar refractivity (Wildman–Crippen MR) is 68.2 cm³/mol. The predicted octanol–water partition coefficient (Wildman–Crippen LogP) is 3.15. The molecule has 1 N–H and O–H groups in total. The highest BCUT2D eigenvalue weighted by molar-refractivity contribution is 5.75. The number of aryl methyl sites for hydroxylation is 1. The summed E-state index contributed by atoms with van der Waals surface area (Å²) in [5, 5.41) is 0. The van der Waals surface area contributed by atoms with Crippen LogP contribution in [-0.4, -0.2) is 19.2 Å². The molecule has 0 aliphatic carbocycles. The molecule has 1 heterocycles. The number of ether oxygens (including phenoxy) is 2. The van der Waals surface area contributed by atoms with Gasteiger partial charge in [0.15, 0.2) is 0 Å². The second-order valence-corrected chi connectivity index (χ2v) is 3.96. The van der Waals surface area contributed by atoms with Crippen molar-refractivity contribution < 1.29 is 9.47 Å². The van der Waals surface area contributed by atoms with Crippen LogP contribution in [0.3, 0.4) is 0 Å². The normalized spacial score (nSPS) is 10.5. The van der Waals surface area contributed by atoms with Crippen LogP contribution >= 0.6 is 0 Å². The molecule has 0 saturated carbocycles. The van der Waals surface area contributed by atoms with Crippen LogP contribution in [0, 0.1) is 6.92 Å². The lowest BCUT2D eigenvalue weighted by Gasteiger charge is -2.10. The molecule has 0 aliphatic heterocycles. The number of hydrogen-bond donors (Lipinski definition) is 1. The van der Waals surface area contributed by atoms with Crippen LogP contribution < -0.4 is 4.74 Å². The van der Waals surface area contributed by atoms with Crippen molar-refractivity contribution in [2.75, 3.05) is 14.2 Å². The van der Waals surface area contributed by atoms with E-state index in [1.54, 1.807) is 14.2 Å².